The second-order valence-electron chi connectivity index (χ2n) is 9.01. The normalized spacial score (nSPS) is 15.4. The lowest BCUT2D eigenvalue weighted by Crippen LogP contribution is -2.45. The molecule has 6 nitrogen and oxygen atoms in total. The quantitative estimate of drug-likeness (QED) is 0.334. The van der Waals surface area contributed by atoms with Crippen molar-refractivity contribution in [3.63, 3.8) is 0 Å². The third-order valence-corrected chi connectivity index (χ3v) is 8.18. The Balaban J connectivity index is 1.57. The Bertz CT molecular complexity index is 1070. The smallest absolute Gasteiger partial charge is 0.269 e. The van der Waals surface area contributed by atoms with Crippen LogP contribution in [0, 0.1) is 0 Å². The van der Waals surface area contributed by atoms with Gasteiger partial charge in [0, 0.05) is 12.1 Å². The number of unbranched alkanes of at least 4 members (excludes halogenated alkanes) is 7. The molecule has 1 heterocycles. The molecule has 34 heavy (non-hydrogen) atoms. The molecule has 1 amide bonds. The van der Waals surface area contributed by atoms with Gasteiger partial charge in [-0.2, -0.15) is 0 Å². The predicted molar refractivity (Wildman–Crippen MR) is 139 cm³/mol. The van der Waals surface area contributed by atoms with Gasteiger partial charge in [-0.25, -0.2) is 13.1 Å². The number of para-hydroxylation sites is 1. The number of hydrazine groups is 1. The van der Waals surface area contributed by atoms with Crippen LogP contribution in [0.5, 0.6) is 0 Å². The Kier molecular flexibility index (Phi) is 9.80. The van der Waals surface area contributed by atoms with Gasteiger partial charge in [-0.3, -0.25) is 15.2 Å². The molecule has 2 aromatic rings. The number of hydrogen-bond donors (Lipinski definition) is 2. The number of anilines is 1. The van der Waals surface area contributed by atoms with Crippen LogP contribution in [-0.4, -0.2) is 26.9 Å². The molecule has 0 bridgehead atoms. The van der Waals surface area contributed by atoms with Gasteiger partial charge in [0.25, 0.3) is 5.91 Å². The minimum absolute atomic E-state index is 0.0729. The number of nitrogens with one attached hydrogen (secondary N) is 2. The van der Waals surface area contributed by atoms with E-state index in [1.807, 2.05) is 36.2 Å². The molecule has 0 radical (unpaired) electrons. The van der Waals surface area contributed by atoms with Crippen LogP contribution in [0.3, 0.4) is 0 Å². The first-order valence-corrected chi connectivity index (χ1v) is 14.2. The molecule has 2 aromatic carbocycles. The van der Waals surface area contributed by atoms with Gasteiger partial charge in [0.15, 0.2) is 0 Å². The number of nitrogens with zero attached hydrogens (tertiary/aromatic N) is 1. The van der Waals surface area contributed by atoms with Gasteiger partial charge in [0.1, 0.15) is 4.90 Å². The maximum absolute atomic E-state index is 13.0. The van der Waals surface area contributed by atoms with E-state index in [2.05, 4.69) is 17.1 Å². The van der Waals surface area contributed by atoms with E-state index in [1.54, 1.807) is 6.07 Å². The number of amides is 1. The van der Waals surface area contributed by atoms with Crippen LogP contribution < -0.4 is 15.2 Å². The summed E-state index contributed by atoms with van der Waals surface area (Å²) < 4.78 is 28.3. The predicted octanol–water partition coefficient (Wildman–Crippen LogP) is 5.86. The summed E-state index contributed by atoms with van der Waals surface area (Å²) in [6, 6.07) is 12.4. The van der Waals surface area contributed by atoms with Crippen LogP contribution in [0.1, 0.15) is 81.1 Å². The first-order chi connectivity index (χ1) is 16.3. The third-order valence-electron chi connectivity index (χ3n) is 6.23. The first kappa shape index (κ1) is 26.5. The molecular weight excluding hydrogens is 470 g/mol. The molecule has 0 aliphatic carbocycles. The summed E-state index contributed by atoms with van der Waals surface area (Å²) in [5, 5.41) is 1.93. The van der Waals surface area contributed by atoms with Crippen molar-refractivity contribution in [2.24, 2.45) is 0 Å². The minimum Gasteiger partial charge on any atom is -0.282 e. The molecule has 3 rings (SSSR count). The molecular formula is C26H36ClN3O3S. The summed E-state index contributed by atoms with van der Waals surface area (Å²) in [4.78, 5) is 12.9. The number of fused-ring (bicyclic) bond motifs is 1. The van der Waals surface area contributed by atoms with Crippen molar-refractivity contribution in [3.8, 4) is 0 Å². The van der Waals surface area contributed by atoms with E-state index >= 15 is 0 Å². The highest BCUT2D eigenvalue weighted by atomic mass is 35.5. The highest BCUT2D eigenvalue weighted by molar-refractivity contribution is 7.89. The van der Waals surface area contributed by atoms with E-state index in [9.17, 15) is 13.2 Å². The Morgan fingerprint density at radius 2 is 1.71 bits per heavy atom. The molecule has 0 aromatic heterocycles. The van der Waals surface area contributed by atoms with Crippen LogP contribution in [0.25, 0.3) is 0 Å². The highest BCUT2D eigenvalue weighted by Crippen LogP contribution is 2.30. The average Bonchev–Trinajstić information content (AvgIpc) is 3.13. The van der Waals surface area contributed by atoms with Gasteiger partial charge in [-0.05, 0) is 49.6 Å². The van der Waals surface area contributed by atoms with Gasteiger partial charge in [-0.1, -0.05) is 81.7 Å². The lowest BCUT2D eigenvalue weighted by atomic mass is 10.1. The van der Waals surface area contributed by atoms with Crippen LogP contribution in [0.15, 0.2) is 47.4 Å². The van der Waals surface area contributed by atoms with E-state index in [1.165, 1.54) is 49.8 Å². The monoisotopic (exact) mass is 505 g/mol. The van der Waals surface area contributed by atoms with E-state index in [0.29, 0.717) is 6.54 Å². The number of hydrogen-bond acceptors (Lipinski definition) is 4. The standard InChI is InChI=1S/C26H36ClN3O3S/c1-3-4-5-6-7-8-9-12-17-28-34(32,33)25-19-22(15-16-23(25)27)26(31)29-30-20(2)18-21-13-10-11-14-24(21)30/h10-11,13-16,19-20,28H,3-9,12,17-18H2,1-2H3,(H,29,31). The number of halogens is 1. The molecule has 0 saturated carbocycles. The fourth-order valence-electron chi connectivity index (χ4n) is 4.30. The molecule has 1 aliphatic heterocycles. The summed E-state index contributed by atoms with van der Waals surface area (Å²) in [7, 11) is -3.81. The number of carbonyl (C=O) groups is 1. The van der Waals surface area contributed by atoms with Gasteiger partial charge < -0.3 is 0 Å². The molecule has 186 valence electrons. The molecule has 2 N–H and O–H groups in total. The summed E-state index contributed by atoms with van der Waals surface area (Å²) in [6.45, 7) is 4.59. The van der Waals surface area contributed by atoms with Crippen molar-refractivity contribution in [2.75, 3.05) is 11.6 Å². The fourth-order valence-corrected chi connectivity index (χ4v) is 5.90. The molecule has 0 saturated heterocycles. The van der Waals surface area contributed by atoms with Crippen LogP contribution in [-0.2, 0) is 16.4 Å². The fraction of sp³-hybridized carbons (Fsp3) is 0.500. The van der Waals surface area contributed by atoms with Crippen molar-refractivity contribution >= 4 is 33.2 Å². The molecule has 0 fully saturated rings. The SMILES string of the molecule is CCCCCCCCCCNS(=O)(=O)c1cc(C(=O)NN2c3ccccc3CC2C)ccc1Cl. The number of benzene rings is 2. The Labute approximate surface area is 209 Å². The van der Waals surface area contributed by atoms with Crippen LogP contribution >= 0.6 is 11.6 Å². The zero-order chi connectivity index (χ0) is 24.6. The topological polar surface area (TPSA) is 78.5 Å². The summed E-state index contributed by atoms with van der Waals surface area (Å²) >= 11 is 6.21. The molecule has 8 heteroatoms. The Hall–Kier alpha value is -2.09. The maximum atomic E-state index is 13.0. The van der Waals surface area contributed by atoms with Gasteiger partial charge >= 0.3 is 0 Å². The number of carbonyl (C=O) groups excluding carboxylic acids is 1. The Morgan fingerprint density at radius 3 is 2.44 bits per heavy atom. The summed E-state index contributed by atoms with van der Waals surface area (Å²) in [5.74, 6) is -0.375. The zero-order valence-electron chi connectivity index (χ0n) is 20.1. The first-order valence-electron chi connectivity index (χ1n) is 12.3. The van der Waals surface area contributed by atoms with E-state index in [-0.39, 0.29) is 27.4 Å². The highest BCUT2D eigenvalue weighted by Gasteiger charge is 2.28. The van der Waals surface area contributed by atoms with Gasteiger partial charge in [-0.15, -0.1) is 0 Å². The van der Waals surface area contributed by atoms with Gasteiger partial charge in [0.2, 0.25) is 10.0 Å². The molecule has 1 unspecified atom stereocenters. The molecule has 1 atom stereocenters. The van der Waals surface area contributed by atoms with Crippen LogP contribution in [0.2, 0.25) is 5.02 Å². The maximum Gasteiger partial charge on any atom is 0.269 e. The van der Waals surface area contributed by atoms with E-state index in [0.717, 1.165) is 31.4 Å². The lowest BCUT2D eigenvalue weighted by Gasteiger charge is -2.25. The second kappa shape index (κ2) is 12.6. The van der Waals surface area contributed by atoms with E-state index in [4.69, 9.17) is 11.6 Å². The minimum atomic E-state index is -3.81. The van der Waals surface area contributed by atoms with Gasteiger partial charge in [0.05, 0.1) is 16.8 Å². The van der Waals surface area contributed by atoms with Crippen molar-refractivity contribution in [1.29, 1.82) is 0 Å². The lowest BCUT2D eigenvalue weighted by molar-refractivity contribution is 0.0946. The Morgan fingerprint density at radius 1 is 1.03 bits per heavy atom. The zero-order valence-corrected chi connectivity index (χ0v) is 21.7. The van der Waals surface area contributed by atoms with Crippen LogP contribution in [0.4, 0.5) is 5.69 Å². The molecule has 1 aliphatic rings. The third kappa shape index (κ3) is 6.96. The number of sulfonamides is 1. The largest absolute Gasteiger partial charge is 0.282 e. The summed E-state index contributed by atoms with van der Waals surface area (Å²) in [5.41, 5.74) is 5.29. The molecule has 0 spiro atoms. The van der Waals surface area contributed by atoms with Crippen molar-refractivity contribution in [2.45, 2.75) is 82.6 Å². The second-order valence-corrected chi connectivity index (χ2v) is 11.2. The van der Waals surface area contributed by atoms with E-state index < -0.39 is 10.0 Å². The van der Waals surface area contributed by atoms with Crippen molar-refractivity contribution < 1.29 is 13.2 Å². The van der Waals surface area contributed by atoms with Crippen molar-refractivity contribution in [3.05, 3.63) is 58.6 Å². The summed E-state index contributed by atoms with van der Waals surface area (Å²) in [6.07, 6.45) is 9.92. The van der Waals surface area contributed by atoms with Crippen molar-refractivity contribution in [1.82, 2.24) is 10.1 Å². The average molecular weight is 506 g/mol. The number of rotatable bonds is 13.